The molecule has 4 rings (SSSR count). The van der Waals surface area contributed by atoms with Crippen LogP contribution < -0.4 is 5.32 Å². The number of hydrogen-bond donors (Lipinski definition) is 1. The molecule has 0 aromatic heterocycles. The number of ketones is 1. The van der Waals surface area contributed by atoms with E-state index in [1.807, 2.05) is 54.6 Å². The van der Waals surface area contributed by atoms with Gasteiger partial charge >= 0.3 is 0 Å². The molecule has 2 bridgehead atoms. The van der Waals surface area contributed by atoms with Crippen molar-refractivity contribution in [2.75, 3.05) is 5.75 Å². The Morgan fingerprint density at radius 2 is 1.82 bits per heavy atom. The van der Waals surface area contributed by atoms with Crippen molar-refractivity contribution in [2.24, 2.45) is 17.8 Å². The Bertz CT molecular complexity index is 851. The minimum Gasteiger partial charge on any atom is -0.349 e. The highest BCUT2D eigenvalue weighted by Crippen LogP contribution is 2.49. The number of nitrogens with one attached hydrogen (secondary N) is 1. The van der Waals surface area contributed by atoms with Gasteiger partial charge in [-0.3, -0.25) is 9.59 Å². The van der Waals surface area contributed by atoms with E-state index in [1.54, 1.807) is 0 Å². The standard InChI is InChI=1S/C24H27NO2S/c1-16(22-13-17-10-11-19(22)12-17)25-24(27)20-8-5-9-21(14-20)28-15-23(26)18-6-3-2-4-7-18/h2-9,14,16-17,19,22H,10-13,15H2,1H3,(H,25,27). The number of rotatable bonds is 7. The lowest BCUT2D eigenvalue weighted by atomic mass is 9.84. The second kappa shape index (κ2) is 8.52. The molecule has 0 heterocycles. The summed E-state index contributed by atoms with van der Waals surface area (Å²) in [6, 6.07) is 17.2. The van der Waals surface area contributed by atoms with Crippen molar-refractivity contribution in [1.82, 2.24) is 5.32 Å². The van der Waals surface area contributed by atoms with E-state index in [4.69, 9.17) is 0 Å². The summed E-state index contributed by atoms with van der Waals surface area (Å²) in [4.78, 5) is 26.0. The summed E-state index contributed by atoms with van der Waals surface area (Å²) in [5.41, 5.74) is 1.40. The van der Waals surface area contributed by atoms with Gasteiger partial charge in [0.1, 0.15) is 0 Å². The van der Waals surface area contributed by atoms with Crippen LogP contribution >= 0.6 is 11.8 Å². The summed E-state index contributed by atoms with van der Waals surface area (Å²) in [5.74, 6) is 2.78. The summed E-state index contributed by atoms with van der Waals surface area (Å²) in [6.07, 6.45) is 5.33. The molecule has 146 valence electrons. The molecule has 2 aliphatic carbocycles. The van der Waals surface area contributed by atoms with Gasteiger partial charge in [-0.1, -0.05) is 42.8 Å². The summed E-state index contributed by atoms with van der Waals surface area (Å²) >= 11 is 1.48. The molecule has 2 aromatic carbocycles. The van der Waals surface area contributed by atoms with Gasteiger partial charge in [-0.15, -0.1) is 11.8 Å². The van der Waals surface area contributed by atoms with Crippen LogP contribution in [0.2, 0.25) is 0 Å². The maximum absolute atomic E-state index is 12.7. The van der Waals surface area contributed by atoms with Gasteiger partial charge in [0.2, 0.25) is 0 Å². The van der Waals surface area contributed by atoms with E-state index in [0.29, 0.717) is 17.2 Å². The molecule has 0 radical (unpaired) electrons. The number of fused-ring (bicyclic) bond motifs is 2. The van der Waals surface area contributed by atoms with E-state index in [9.17, 15) is 9.59 Å². The molecule has 0 saturated heterocycles. The van der Waals surface area contributed by atoms with Crippen LogP contribution in [0.4, 0.5) is 0 Å². The molecule has 0 aliphatic heterocycles. The monoisotopic (exact) mass is 393 g/mol. The Morgan fingerprint density at radius 1 is 1.04 bits per heavy atom. The predicted molar refractivity (Wildman–Crippen MR) is 114 cm³/mol. The van der Waals surface area contributed by atoms with Crippen LogP contribution in [0.3, 0.4) is 0 Å². The molecule has 2 fully saturated rings. The number of carbonyl (C=O) groups excluding carboxylic acids is 2. The third-order valence-corrected chi connectivity index (χ3v) is 7.35. The van der Waals surface area contributed by atoms with Gasteiger partial charge in [-0.25, -0.2) is 0 Å². The zero-order valence-electron chi connectivity index (χ0n) is 16.3. The van der Waals surface area contributed by atoms with Crippen LogP contribution in [-0.2, 0) is 0 Å². The number of Topliss-reactive ketones (excluding diaryl/α,β-unsaturated/α-hetero) is 1. The van der Waals surface area contributed by atoms with Crippen LogP contribution in [0.25, 0.3) is 0 Å². The zero-order valence-corrected chi connectivity index (χ0v) is 17.1. The fourth-order valence-corrected chi connectivity index (χ4v) is 5.74. The first kappa shape index (κ1) is 19.3. The topological polar surface area (TPSA) is 46.2 Å². The second-order valence-corrected chi connectivity index (χ2v) is 9.26. The fourth-order valence-electron chi connectivity index (χ4n) is 4.89. The molecule has 2 saturated carbocycles. The van der Waals surface area contributed by atoms with Crippen LogP contribution in [-0.4, -0.2) is 23.5 Å². The van der Waals surface area contributed by atoms with Crippen molar-refractivity contribution in [2.45, 2.75) is 43.5 Å². The average molecular weight is 394 g/mol. The Morgan fingerprint density at radius 3 is 2.54 bits per heavy atom. The summed E-state index contributed by atoms with van der Waals surface area (Å²) in [7, 11) is 0. The van der Waals surface area contributed by atoms with E-state index >= 15 is 0 Å². The van der Waals surface area contributed by atoms with Crippen molar-refractivity contribution >= 4 is 23.5 Å². The van der Waals surface area contributed by atoms with E-state index in [1.165, 1.54) is 37.4 Å². The van der Waals surface area contributed by atoms with Crippen molar-refractivity contribution in [3.63, 3.8) is 0 Å². The van der Waals surface area contributed by atoms with E-state index < -0.39 is 0 Å². The highest BCUT2D eigenvalue weighted by molar-refractivity contribution is 8.00. The largest absolute Gasteiger partial charge is 0.349 e. The summed E-state index contributed by atoms with van der Waals surface area (Å²) in [6.45, 7) is 2.15. The maximum Gasteiger partial charge on any atom is 0.251 e. The molecule has 4 unspecified atom stereocenters. The Labute approximate surface area is 171 Å². The molecular weight excluding hydrogens is 366 g/mol. The predicted octanol–water partition coefficient (Wildman–Crippen LogP) is 5.22. The molecule has 4 atom stereocenters. The Hall–Kier alpha value is -2.07. The smallest absolute Gasteiger partial charge is 0.251 e. The maximum atomic E-state index is 12.7. The first-order valence-electron chi connectivity index (χ1n) is 10.2. The average Bonchev–Trinajstić information content (AvgIpc) is 3.36. The lowest BCUT2D eigenvalue weighted by Crippen LogP contribution is -2.40. The zero-order chi connectivity index (χ0) is 19.5. The van der Waals surface area contributed by atoms with Crippen molar-refractivity contribution < 1.29 is 9.59 Å². The van der Waals surface area contributed by atoms with Crippen LogP contribution in [0.1, 0.15) is 53.3 Å². The van der Waals surface area contributed by atoms with Gasteiger partial charge in [-0.05, 0) is 62.1 Å². The highest BCUT2D eigenvalue weighted by Gasteiger charge is 2.42. The van der Waals surface area contributed by atoms with Crippen LogP contribution in [0.5, 0.6) is 0 Å². The SMILES string of the molecule is CC(NC(=O)c1cccc(SCC(=O)c2ccccc2)c1)C1CC2CCC1C2. The molecule has 28 heavy (non-hydrogen) atoms. The molecule has 0 spiro atoms. The minimum atomic E-state index is -0.00731. The van der Waals surface area contributed by atoms with Crippen molar-refractivity contribution in [3.05, 3.63) is 65.7 Å². The molecule has 3 nitrogen and oxygen atoms in total. The van der Waals surface area contributed by atoms with Gasteiger partial charge in [0.15, 0.2) is 5.78 Å². The number of thioether (sulfide) groups is 1. The Balaban J connectivity index is 1.34. The molecule has 4 heteroatoms. The second-order valence-electron chi connectivity index (χ2n) is 8.21. The van der Waals surface area contributed by atoms with E-state index in [-0.39, 0.29) is 17.7 Å². The third-order valence-electron chi connectivity index (χ3n) is 6.36. The van der Waals surface area contributed by atoms with Gasteiger partial charge in [-0.2, -0.15) is 0 Å². The third kappa shape index (κ3) is 4.33. The summed E-state index contributed by atoms with van der Waals surface area (Å²) in [5, 5.41) is 3.23. The van der Waals surface area contributed by atoms with Crippen molar-refractivity contribution in [1.29, 1.82) is 0 Å². The molecule has 1 amide bonds. The lowest BCUT2D eigenvalue weighted by Gasteiger charge is -2.28. The summed E-state index contributed by atoms with van der Waals surface area (Å²) < 4.78 is 0. The van der Waals surface area contributed by atoms with E-state index in [2.05, 4.69) is 12.2 Å². The van der Waals surface area contributed by atoms with E-state index in [0.717, 1.165) is 22.3 Å². The highest BCUT2D eigenvalue weighted by atomic mass is 32.2. The first-order chi connectivity index (χ1) is 13.6. The van der Waals surface area contributed by atoms with Crippen molar-refractivity contribution in [3.8, 4) is 0 Å². The van der Waals surface area contributed by atoms with Gasteiger partial charge < -0.3 is 5.32 Å². The van der Waals surface area contributed by atoms with Crippen LogP contribution in [0.15, 0.2) is 59.5 Å². The number of carbonyl (C=O) groups is 2. The van der Waals surface area contributed by atoms with Gasteiger partial charge in [0.05, 0.1) is 5.75 Å². The lowest BCUT2D eigenvalue weighted by molar-refractivity contribution is 0.0914. The van der Waals surface area contributed by atoms with Gasteiger partial charge in [0, 0.05) is 22.1 Å². The fraction of sp³-hybridized carbons (Fsp3) is 0.417. The van der Waals surface area contributed by atoms with Gasteiger partial charge in [0.25, 0.3) is 5.91 Å². The number of benzene rings is 2. The van der Waals surface area contributed by atoms with Crippen LogP contribution in [0, 0.1) is 17.8 Å². The molecule has 2 aliphatic rings. The number of amides is 1. The first-order valence-corrected chi connectivity index (χ1v) is 11.2. The molecule has 1 N–H and O–H groups in total. The minimum absolute atomic E-state index is 0.00731. The molecule has 2 aromatic rings. The quantitative estimate of drug-likeness (QED) is 0.518. The number of hydrogen-bond acceptors (Lipinski definition) is 3. The normalized spacial score (nSPS) is 24.1. The Kier molecular flexibility index (Phi) is 5.86. The molecular formula is C24H27NO2S.